The highest BCUT2D eigenvalue weighted by Crippen LogP contribution is 2.32. The van der Waals surface area contributed by atoms with E-state index in [4.69, 9.17) is 9.47 Å². The van der Waals surface area contributed by atoms with Crippen LogP contribution in [0.3, 0.4) is 0 Å². The zero-order chi connectivity index (χ0) is 20.7. The average Bonchev–Trinajstić information content (AvgIpc) is 3.15. The van der Waals surface area contributed by atoms with E-state index in [0.29, 0.717) is 4.57 Å². The topological polar surface area (TPSA) is 173 Å². The van der Waals surface area contributed by atoms with Crippen molar-refractivity contribution in [3.05, 3.63) is 32.6 Å². The van der Waals surface area contributed by atoms with Gasteiger partial charge in [0.2, 0.25) is 0 Å². The van der Waals surface area contributed by atoms with Crippen molar-refractivity contribution < 1.29 is 44.5 Å². The summed E-state index contributed by atoms with van der Waals surface area (Å²) in [5, 5.41) is 48.4. The molecule has 0 saturated carbocycles. The lowest BCUT2D eigenvalue weighted by molar-refractivity contribution is -0.221. The first-order chi connectivity index (χ1) is 13.3. The summed E-state index contributed by atoms with van der Waals surface area (Å²) in [7, 11) is 0. The average molecular weight is 408 g/mol. The van der Waals surface area contributed by atoms with E-state index in [1.807, 2.05) is 0 Å². The molecule has 13 heteroatoms. The molecule has 3 rings (SSSR count). The molecule has 0 aromatic carbocycles. The van der Waals surface area contributed by atoms with Crippen molar-refractivity contribution in [2.75, 3.05) is 13.2 Å². The zero-order valence-corrected chi connectivity index (χ0v) is 14.7. The summed E-state index contributed by atoms with van der Waals surface area (Å²) in [6, 6.07) is 0. The highest BCUT2D eigenvalue weighted by molar-refractivity contribution is 5.07. The van der Waals surface area contributed by atoms with Gasteiger partial charge in [-0.05, 0) is 11.4 Å². The standard InChI is InChI=1S/C15H21FN2O10/c1-5-2-17(14-11(28-16)9(22)7(4-20)27-14)15(25)18(12(5)24)13-10(23)8(21)6(3-19)26-13/h2,6-11,13-14,19-23H,3-4H2,1H3/t6-,7+,8-,9?,10+,11?,13-,14+/m1/s1. The highest BCUT2D eigenvalue weighted by atomic mass is 19.3. The number of hydrogen-bond donors (Lipinski definition) is 5. The van der Waals surface area contributed by atoms with Crippen molar-refractivity contribution in [3.63, 3.8) is 0 Å². The largest absolute Gasteiger partial charge is 0.394 e. The third kappa shape index (κ3) is 3.19. The molecule has 0 bridgehead atoms. The molecule has 1 aromatic heterocycles. The number of ether oxygens (including phenoxy) is 2. The first-order valence-corrected chi connectivity index (χ1v) is 8.45. The quantitative estimate of drug-likeness (QED) is 0.328. The van der Waals surface area contributed by atoms with Gasteiger partial charge in [-0.3, -0.25) is 9.36 Å². The van der Waals surface area contributed by atoms with Gasteiger partial charge in [-0.1, -0.05) is 0 Å². The molecule has 2 fully saturated rings. The van der Waals surface area contributed by atoms with Gasteiger partial charge in [0, 0.05) is 11.8 Å². The van der Waals surface area contributed by atoms with Crippen molar-refractivity contribution in [1.29, 1.82) is 0 Å². The minimum Gasteiger partial charge on any atom is -0.394 e. The number of aliphatic hydroxyl groups is 5. The molecule has 0 spiro atoms. The molecule has 0 radical (unpaired) electrons. The Kier molecular flexibility index (Phi) is 5.97. The van der Waals surface area contributed by atoms with E-state index >= 15 is 0 Å². The lowest BCUT2D eigenvalue weighted by Gasteiger charge is -2.23. The number of hydrogen-bond acceptors (Lipinski definition) is 10. The number of aryl methyl sites for hydroxylation is 1. The van der Waals surface area contributed by atoms with Crippen LogP contribution in [0.25, 0.3) is 0 Å². The summed E-state index contributed by atoms with van der Waals surface area (Å²) in [5.41, 5.74) is -1.99. The Balaban J connectivity index is 2.09. The first kappa shape index (κ1) is 21.0. The Hall–Kier alpha value is -1.71. The SMILES string of the molecule is Cc1cn([C@H]2O[C@@H](CO)C(O)C2OF)c(=O)n([C@@H]2O[C@H](CO)[C@@H](O)[C@@H]2O)c1=O. The fraction of sp³-hybridized carbons (Fsp3) is 0.733. The summed E-state index contributed by atoms with van der Waals surface area (Å²) >= 11 is 0. The van der Waals surface area contributed by atoms with Crippen LogP contribution in [0.4, 0.5) is 4.53 Å². The third-order valence-corrected chi connectivity index (χ3v) is 4.96. The van der Waals surface area contributed by atoms with E-state index in [1.165, 1.54) is 6.92 Å². The molecule has 2 saturated heterocycles. The summed E-state index contributed by atoms with van der Waals surface area (Å²) in [6.45, 7) is -0.0205. The Morgan fingerprint density at radius 1 is 1.04 bits per heavy atom. The van der Waals surface area contributed by atoms with Gasteiger partial charge in [0.05, 0.1) is 13.2 Å². The second-order valence-electron chi connectivity index (χ2n) is 6.70. The van der Waals surface area contributed by atoms with E-state index in [-0.39, 0.29) is 5.56 Å². The van der Waals surface area contributed by atoms with E-state index < -0.39 is 73.5 Å². The van der Waals surface area contributed by atoms with Crippen LogP contribution in [-0.2, 0) is 14.4 Å². The van der Waals surface area contributed by atoms with E-state index in [0.717, 1.165) is 10.8 Å². The Bertz CT molecular complexity index is 828. The number of aromatic nitrogens is 2. The summed E-state index contributed by atoms with van der Waals surface area (Å²) in [4.78, 5) is 29.1. The lowest BCUT2D eigenvalue weighted by atomic mass is 10.1. The molecule has 2 aliphatic heterocycles. The minimum atomic E-state index is -1.70. The molecule has 0 amide bonds. The van der Waals surface area contributed by atoms with Crippen molar-refractivity contribution in [2.45, 2.75) is 56.0 Å². The van der Waals surface area contributed by atoms with Crippen LogP contribution in [0.2, 0.25) is 0 Å². The van der Waals surface area contributed by atoms with Gasteiger partial charge in [-0.2, -0.15) is 4.94 Å². The third-order valence-electron chi connectivity index (χ3n) is 4.96. The van der Waals surface area contributed by atoms with E-state index in [2.05, 4.69) is 4.94 Å². The van der Waals surface area contributed by atoms with Crippen LogP contribution in [0, 0.1) is 6.92 Å². The second-order valence-corrected chi connectivity index (χ2v) is 6.70. The Labute approximate surface area is 156 Å². The van der Waals surface area contributed by atoms with Crippen LogP contribution in [0.1, 0.15) is 18.0 Å². The van der Waals surface area contributed by atoms with Crippen LogP contribution < -0.4 is 11.2 Å². The van der Waals surface area contributed by atoms with Crippen molar-refractivity contribution in [2.24, 2.45) is 0 Å². The van der Waals surface area contributed by atoms with E-state index in [9.17, 15) is 39.6 Å². The molecule has 12 nitrogen and oxygen atoms in total. The minimum absolute atomic E-state index is 0.0273. The van der Waals surface area contributed by atoms with Crippen molar-refractivity contribution in [3.8, 4) is 0 Å². The van der Waals surface area contributed by atoms with Crippen molar-refractivity contribution >= 4 is 0 Å². The van der Waals surface area contributed by atoms with Gasteiger partial charge in [0.15, 0.2) is 18.6 Å². The molecule has 1 aromatic rings. The lowest BCUT2D eigenvalue weighted by Crippen LogP contribution is -2.48. The summed E-state index contributed by atoms with van der Waals surface area (Å²) in [5.74, 6) is 0. The monoisotopic (exact) mass is 408 g/mol. The normalized spacial score (nSPS) is 38.2. The molecular weight excluding hydrogens is 387 g/mol. The molecule has 158 valence electrons. The van der Waals surface area contributed by atoms with Crippen LogP contribution in [0.15, 0.2) is 15.8 Å². The summed E-state index contributed by atoms with van der Waals surface area (Å²) < 4.78 is 24.8. The number of aliphatic hydroxyl groups excluding tert-OH is 5. The molecule has 0 aliphatic carbocycles. The van der Waals surface area contributed by atoms with Gasteiger partial charge >= 0.3 is 5.69 Å². The molecule has 2 aliphatic rings. The first-order valence-electron chi connectivity index (χ1n) is 8.45. The van der Waals surface area contributed by atoms with Gasteiger partial charge < -0.3 is 35.0 Å². The Morgan fingerprint density at radius 3 is 2.14 bits per heavy atom. The van der Waals surface area contributed by atoms with Gasteiger partial charge in [0.1, 0.15) is 30.5 Å². The molecule has 5 N–H and O–H groups in total. The fourth-order valence-corrected chi connectivity index (χ4v) is 3.41. The summed E-state index contributed by atoms with van der Waals surface area (Å²) in [6.07, 6.45) is -11.1. The highest BCUT2D eigenvalue weighted by Gasteiger charge is 2.48. The van der Waals surface area contributed by atoms with Crippen LogP contribution in [-0.4, -0.2) is 84.5 Å². The second kappa shape index (κ2) is 7.96. The maximum Gasteiger partial charge on any atom is 0.335 e. The van der Waals surface area contributed by atoms with Crippen molar-refractivity contribution in [1.82, 2.24) is 9.13 Å². The zero-order valence-electron chi connectivity index (χ0n) is 14.7. The maximum atomic E-state index is 13.0. The fourth-order valence-electron chi connectivity index (χ4n) is 3.41. The number of rotatable bonds is 5. The van der Waals surface area contributed by atoms with Crippen LogP contribution in [0.5, 0.6) is 0 Å². The van der Waals surface area contributed by atoms with Gasteiger partial charge in [-0.25, -0.2) is 9.36 Å². The Morgan fingerprint density at radius 2 is 1.61 bits per heavy atom. The smallest absolute Gasteiger partial charge is 0.335 e. The van der Waals surface area contributed by atoms with Gasteiger partial charge in [0.25, 0.3) is 5.56 Å². The van der Waals surface area contributed by atoms with E-state index in [1.54, 1.807) is 0 Å². The van der Waals surface area contributed by atoms with Gasteiger partial charge in [-0.15, -0.1) is 0 Å². The molecule has 28 heavy (non-hydrogen) atoms. The number of nitrogens with zero attached hydrogens (tertiary/aromatic N) is 2. The molecule has 3 heterocycles. The predicted octanol–water partition coefficient (Wildman–Crippen LogP) is -3.55. The predicted molar refractivity (Wildman–Crippen MR) is 85.7 cm³/mol. The molecular formula is C15H21FN2O10. The maximum absolute atomic E-state index is 13.0. The van der Waals surface area contributed by atoms with Crippen LogP contribution >= 0.6 is 0 Å². The molecule has 2 unspecified atom stereocenters. The molecule has 8 atom stereocenters. The number of halogens is 1.